The van der Waals surface area contributed by atoms with Crippen LogP contribution in [0.3, 0.4) is 0 Å². The van der Waals surface area contributed by atoms with Crippen LogP contribution in [-0.2, 0) is 12.8 Å². The molecular weight excluding hydrogens is 352 g/mol. The van der Waals surface area contributed by atoms with Crippen molar-refractivity contribution in [1.29, 1.82) is 5.26 Å². The Balaban J connectivity index is 2.44. The molecule has 0 amide bonds. The average molecular weight is 366 g/mol. The summed E-state index contributed by atoms with van der Waals surface area (Å²) >= 11 is 9.35. The van der Waals surface area contributed by atoms with Crippen LogP contribution in [0, 0.1) is 11.3 Å². The Morgan fingerprint density at radius 3 is 2.62 bits per heavy atom. The van der Waals surface area contributed by atoms with E-state index in [9.17, 15) is 5.26 Å². The van der Waals surface area contributed by atoms with Crippen LogP contribution in [0.5, 0.6) is 0 Å². The van der Waals surface area contributed by atoms with Gasteiger partial charge in [0.1, 0.15) is 11.6 Å². The van der Waals surface area contributed by atoms with Gasteiger partial charge in [-0.05, 0) is 52.5 Å². The van der Waals surface area contributed by atoms with Crippen LogP contribution in [0.2, 0.25) is 5.02 Å². The van der Waals surface area contributed by atoms with Crippen molar-refractivity contribution >= 4 is 39.0 Å². The molecule has 6 heteroatoms. The number of nitrogens with zero attached hydrogens (tertiary/aromatic N) is 3. The maximum absolute atomic E-state index is 9.44. The number of aromatic nitrogens is 2. The van der Waals surface area contributed by atoms with Crippen molar-refractivity contribution in [2.45, 2.75) is 26.7 Å². The smallest absolute Gasteiger partial charge is 0.171 e. The van der Waals surface area contributed by atoms with Gasteiger partial charge in [-0.2, -0.15) is 10.4 Å². The van der Waals surface area contributed by atoms with E-state index in [1.165, 1.54) is 0 Å². The number of aryl methyl sites for hydroxylation is 1. The van der Waals surface area contributed by atoms with E-state index in [0.29, 0.717) is 16.4 Å². The molecule has 0 spiro atoms. The molecule has 0 radical (unpaired) electrons. The summed E-state index contributed by atoms with van der Waals surface area (Å²) in [6.07, 6.45) is 1.51. The summed E-state index contributed by atoms with van der Waals surface area (Å²) in [4.78, 5) is 0. The molecule has 1 heterocycles. The number of hydrogen-bond acceptors (Lipinski definition) is 4. The third-order valence-electron chi connectivity index (χ3n) is 3.14. The molecule has 0 fully saturated rings. The molecule has 0 aliphatic carbocycles. The lowest BCUT2D eigenvalue weighted by Crippen LogP contribution is -2.07. The lowest BCUT2D eigenvalue weighted by atomic mass is 10.0. The van der Waals surface area contributed by atoms with Crippen molar-refractivity contribution in [1.82, 2.24) is 10.2 Å². The fourth-order valence-electron chi connectivity index (χ4n) is 2.09. The predicted octanol–water partition coefficient (Wildman–Crippen LogP) is 4.63. The number of nitrogens with one attached hydrogen (secondary N) is 1. The van der Waals surface area contributed by atoms with Gasteiger partial charge in [0.15, 0.2) is 5.82 Å². The molecule has 0 bridgehead atoms. The first-order valence-electron chi connectivity index (χ1n) is 6.61. The van der Waals surface area contributed by atoms with Gasteiger partial charge in [-0.3, -0.25) is 0 Å². The van der Waals surface area contributed by atoms with Crippen LogP contribution >= 0.6 is 27.5 Å². The molecule has 1 aromatic carbocycles. The Labute approximate surface area is 137 Å². The Morgan fingerprint density at radius 1 is 1.29 bits per heavy atom. The SMILES string of the molecule is CCc1nnc(Nc2ccc(Cl)c(Br)c2)c(C#N)c1CC. The quantitative estimate of drug-likeness (QED) is 0.858. The minimum absolute atomic E-state index is 0.473. The molecule has 4 nitrogen and oxygen atoms in total. The van der Waals surface area contributed by atoms with E-state index in [1.807, 2.05) is 26.0 Å². The third kappa shape index (κ3) is 3.34. The molecule has 0 aliphatic heterocycles. The summed E-state index contributed by atoms with van der Waals surface area (Å²) in [7, 11) is 0. The zero-order chi connectivity index (χ0) is 15.4. The van der Waals surface area contributed by atoms with Gasteiger partial charge in [0.2, 0.25) is 0 Å². The maximum atomic E-state index is 9.44. The second kappa shape index (κ2) is 6.88. The minimum Gasteiger partial charge on any atom is -0.338 e. The zero-order valence-corrected chi connectivity index (χ0v) is 14.1. The molecule has 0 aliphatic rings. The van der Waals surface area contributed by atoms with E-state index in [4.69, 9.17) is 11.6 Å². The first-order chi connectivity index (χ1) is 10.1. The Bertz CT molecular complexity index is 710. The molecule has 0 saturated carbocycles. The number of nitriles is 1. The molecule has 0 atom stereocenters. The first-order valence-corrected chi connectivity index (χ1v) is 7.78. The molecular formula is C15H14BrClN4. The van der Waals surface area contributed by atoms with Crippen molar-refractivity contribution in [3.63, 3.8) is 0 Å². The standard InChI is InChI=1S/C15H14BrClN4/c1-3-10-11(8-18)15(21-20-14(10)4-2)19-9-5-6-13(17)12(16)7-9/h5-7H,3-4H2,1-2H3,(H,19,21). The lowest BCUT2D eigenvalue weighted by Gasteiger charge is -2.12. The number of rotatable bonds is 4. The van der Waals surface area contributed by atoms with Crippen molar-refractivity contribution in [2.24, 2.45) is 0 Å². The van der Waals surface area contributed by atoms with Gasteiger partial charge >= 0.3 is 0 Å². The average Bonchev–Trinajstić information content (AvgIpc) is 2.50. The number of anilines is 2. The van der Waals surface area contributed by atoms with E-state index in [2.05, 4.69) is 37.5 Å². The van der Waals surface area contributed by atoms with Crippen LogP contribution in [-0.4, -0.2) is 10.2 Å². The Hall–Kier alpha value is -1.64. The summed E-state index contributed by atoms with van der Waals surface area (Å²) in [5.41, 5.74) is 3.17. The topological polar surface area (TPSA) is 61.6 Å². The van der Waals surface area contributed by atoms with Gasteiger partial charge in [-0.1, -0.05) is 25.4 Å². The second-order valence-corrected chi connectivity index (χ2v) is 5.68. The molecule has 108 valence electrons. The first kappa shape index (κ1) is 15.7. The highest BCUT2D eigenvalue weighted by molar-refractivity contribution is 9.10. The summed E-state index contributed by atoms with van der Waals surface area (Å²) in [6, 6.07) is 7.67. The van der Waals surface area contributed by atoms with Gasteiger partial charge in [-0.25, -0.2) is 0 Å². The van der Waals surface area contributed by atoms with Crippen LogP contribution in [0.15, 0.2) is 22.7 Å². The largest absolute Gasteiger partial charge is 0.338 e. The van der Waals surface area contributed by atoms with Crippen molar-refractivity contribution in [3.8, 4) is 6.07 Å². The van der Waals surface area contributed by atoms with E-state index >= 15 is 0 Å². The summed E-state index contributed by atoms with van der Waals surface area (Å²) in [5.74, 6) is 0.473. The summed E-state index contributed by atoms with van der Waals surface area (Å²) in [5, 5.41) is 21.6. The van der Waals surface area contributed by atoms with Gasteiger partial charge in [0.05, 0.1) is 10.7 Å². The summed E-state index contributed by atoms with van der Waals surface area (Å²) < 4.78 is 0.779. The third-order valence-corrected chi connectivity index (χ3v) is 4.35. The van der Waals surface area contributed by atoms with Crippen LogP contribution < -0.4 is 5.32 Å². The maximum Gasteiger partial charge on any atom is 0.171 e. The van der Waals surface area contributed by atoms with Gasteiger partial charge in [0, 0.05) is 10.2 Å². The molecule has 21 heavy (non-hydrogen) atoms. The van der Waals surface area contributed by atoms with Crippen LogP contribution in [0.4, 0.5) is 11.5 Å². The lowest BCUT2D eigenvalue weighted by molar-refractivity contribution is 0.877. The van der Waals surface area contributed by atoms with Crippen molar-refractivity contribution in [2.75, 3.05) is 5.32 Å². The fraction of sp³-hybridized carbons (Fsp3) is 0.267. The number of halogens is 2. The molecule has 2 rings (SSSR count). The molecule has 1 N–H and O–H groups in total. The van der Waals surface area contributed by atoms with E-state index in [-0.39, 0.29) is 0 Å². The van der Waals surface area contributed by atoms with Gasteiger partial charge < -0.3 is 5.32 Å². The minimum atomic E-state index is 0.473. The zero-order valence-electron chi connectivity index (χ0n) is 11.7. The monoisotopic (exact) mass is 364 g/mol. The molecule has 0 saturated heterocycles. The van der Waals surface area contributed by atoms with Crippen molar-refractivity contribution < 1.29 is 0 Å². The molecule has 2 aromatic rings. The van der Waals surface area contributed by atoms with Gasteiger partial charge in [-0.15, -0.1) is 5.10 Å². The van der Waals surface area contributed by atoms with E-state index in [1.54, 1.807) is 6.07 Å². The summed E-state index contributed by atoms with van der Waals surface area (Å²) in [6.45, 7) is 4.02. The number of benzene rings is 1. The fourth-order valence-corrected chi connectivity index (χ4v) is 2.59. The van der Waals surface area contributed by atoms with Crippen molar-refractivity contribution in [3.05, 3.63) is 44.5 Å². The number of hydrogen-bond donors (Lipinski definition) is 1. The highest BCUT2D eigenvalue weighted by Crippen LogP contribution is 2.28. The normalized spacial score (nSPS) is 10.2. The van der Waals surface area contributed by atoms with E-state index < -0.39 is 0 Å². The van der Waals surface area contributed by atoms with Crippen LogP contribution in [0.25, 0.3) is 0 Å². The van der Waals surface area contributed by atoms with Crippen LogP contribution in [0.1, 0.15) is 30.7 Å². The Kier molecular flexibility index (Phi) is 5.16. The second-order valence-electron chi connectivity index (χ2n) is 4.42. The molecule has 0 unspecified atom stereocenters. The molecule has 1 aromatic heterocycles. The Morgan fingerprint density at radius 2 is 2.05 bits per heavy atom. The highest BCUT2D eigenvalue weighted by atomic mass is 79.9. The predicted molar refractivity (Wildman–Crippen MR) is 87.9 cm³/mol. The van der Waals surface area contributed by atoms with E-state index in [0.717, 1.165) is 34.3 Å². The highest BCUT2D eigenvalue weighted by Gasteiger charge is 2.14. The van der Waals surface area contributed by atoms with Gasteiger partial charge in [0.25, 0.3) is 0 Å².